The summed E-state index contributed by atoms with van der Waals surface area (Å²) in [6, 6.07) is 7.60. The van der Waals surface area contributed by atoms with Crippen molar-refractivity contribution < 1.29 is 19.7 Å². The van der Waals surface area contributed by atoms with E-state index in [0.29, 0.717) is 18.8 Å². The smallest absolute Gasteiger partial charge is 0.260 e. The van der Waals surface area contributed by atoms with Crippen LogP contribution in [0, 0.1) is 24.2 Å². The molecule has 3 rings (SSSR count). The van der Waals surface area contributed by atoms with Crippen molar-refractivity contribution in [3.63, 3.8) is 0 Å². The molecule has 1 saturated carbocycles. The molecule has 0 spiro atoms. The van der Waals surface area contributed by atoms with Gasteiger partial charge in [-0.15, -0.1) is 0 Å². The third-order valence-corrected chi connectivity index (χ3v) is 5.01. The number of hydrogen-bond acceptors (Lipinski definition) is 4. The van der Waals surface area contributed by atoms with E-state index in [1.54, 1.807) is 4.90 Å². The molecule has 2 atom stereocenters. The lowest BCUT2D eigenvalue weighted by Gasteiger charge is -2.24. The number of carbonyl (C=O) groups excluding carboxylic acids is 1. The highest BCUT2D eigenvalue weighted by Crippen LogP contribution is 2.61. The Balaban J connectivity index is 1.49. The molecular formula is C16H21NO4. The Labute approximate surface area is 124 Å². The fourth-order valence-electron chi connectivity index (χ4n) is 3.43. The lowest BCUT2D eigenvalue weighted by Crippen LogP contribution is -2.38. The predicted molar refractivity (Wildman–Crippen MR) is 76.8 cm³/mol. The number of ether oxygens (including phenoxy) is 1. The zero-order valence-electron chi connectivity index (χ0n) is 12.2. The van der Waals surface area contributed by atoms with Crippen molar-refractivity contribution in [1.82, 2.24) is 4.90 Å². The molecule has 0 radical (unpaired) electrons. The normalized spacial score (nSPS) is 25.6. The molecule has 1 aliphatic heterocycles. The Morgan fingerprint density at radius 2 is 1.81 bits per heavy atom. The number of nitrogens with zero attached hydrogens (tertiary/aromatic N) is 1. The van der Waals surface area contributed by atoms with Crippen molar-refractivity contribution in [3.05, 3.63) is 29.8 Å². The summed E-state index contributed by atoms with van der Waals surface area (Å²) in [7, 11) is 0. The maximum atomic E-state index is 12.1. The Hall–Kier alpha value is -1.59. The van der Waals surface area contributed by atoms with Crippen LogP contribution in [0.1, 0.15) is 5.56 Å². The van der Waals surface area contributed by atoms with Crippen LogP contribution in [-0.4, -0.2) is 53.9 Å². The second-order valence-corrected chi connectivity index (χ2v) is 6.16. The Kier molecular flexibility index (Phi) is 3.63. The van der Waals surface area contributed by atoms with E-state index in [2.05, 4.69) is 0 Å². The molecule has 2 unspecified atom stereocenters. The third kappa shape index (κ3) is 2.40. The molecule has 1 aliphatic carbocycles. The Bertz CT molecular complexity index is 510. The lowest BCUT2D eigenvalue weighted by molar-refractivity contribution is -0.133. The van der Waals surface area contributed by atoms with E-state index in [9.17, 15) is 15.0 Å². The SMILES string of the molecule is Cc1ccc(OCC(=O)N2CC3C(C2)C3(CO)CO)cc1. The minimum absolute atomic E-state index is 0.000724. The zero-order chi connectivity index (χ0) is 15.0. The van der Waals surface area contributed by atoms with Gasteiger partial charge < -0.3 is 19.8 Å². The van der Waals surface area contributed by atoms with Gasteiger partial charge in [-0.2, -0.15) is 0 Å². The maximum absolute atomic E-state index is 12.1. The van der Waals surface area contributed by atoms with E-state index >= 15 is 0 Å². The first kappa shape index (κ1) is 14.4. The minimum atomic E-state index is -0.353. The molecule has 1 saturated heterocycles. The summed E-state index contributed by atoms with van der Waals surface area (Å²) in [5.74, 6) is 1.12. The number of benzene rings is 1. The molecule has 2 fully saturated rings. The fourth-order valence-corrected chi connectivity index (χ4v) is 3.43. The van der Waals surface area contributed by atoms with Crippen LogP contribution in [0.4, 0.5) is 0 Å². The van der Waals surface area contributed by atoms with Gasteiger partial charge in [-0.3, -0.25) is 4.79 Å². The first-order valence-corrected chi connectivity index (χ1v) is 7.29. The molecular weight excluding hydrogens is 270 g/mol. The van der Waals surface area contributed by atoms with Gasteiger partial charge in [0.05, 0.1) is 13.2 Å². The molecule has 21 heavy (non-hydrogen) atoms. The summed E-state index contributed by atoms with van der Waals surface area (Å²) in [6.07, 6.45) is 0. The molecule has 5 nitrogen and oxygen atoms in total. The van der Waals surface area contributed by atoms with E-state index < -0.39 is 0 Å². The predicted octanol–water partition coefficient (Wildman–Crippen LogP) is 0.433. The second kappa shape index (κ2) is 5.31. The van der Waals surface area contributed by atoms with Crippen molar-refractivity contribution in [2.24, 2.45) is 17.3 Å². The number of fused-ring (bicyclic) bond motifs is 1. The standard InChI is InChI=1S/C16H21NO4/c1-11-2-4-12(5-3-11)21-8-15(20)17-6-13-14(7-17)16(13,9-18)10-19/h2-5,13-14,18-19H,6-10H2,1H3. The number of rotatable bonds is 5. The molecule has 1 amide bonds. The van der Waals surface area contributed by atoms with E-state index in [0.717, 1.165) is 5.56 Å². The molecule has 1 heterocycles. The summed E-state index contributed by atoms with van der Waals surface area (Å²) >= 11 is 0. The summed E-state index contributed by atoms with van der Waals surface area (Å²) in [4.78, 5) is 13.9. The van der Waals surface area contributed by atoms with Gasteiger partial charge in [-0.05, 0) is 30.9 Å². The van der Waals surface area contributed by atoms with Crippen LogP contribution in [0.15, 0.2) is 24.3 Å². The van der Waals surface area contributed by atoms with E-state index in [1.807, 2.05) is 31.2 Å². The van der Waals surface area contributed by atoms with Gasteiger partial charge in [0.15, 0.2) is 6.61 Å². The first-order chi connectivity index (χ1) is 10.1. The van der Waals surface area contributed by atoms with Crippen molar-refractivity contribution in [3.8, 4) is 5.75 Å². The van der Waals surface area contributed by atoms with Gasteiger partial charge in [0.2, 0.25) is 0 Å². The van der Waals surface area contributed by atoms with Crippen molar-refractivity contribution in [1.29, 1.82) is 0 Å². The van der Waals surface area contributed by atoms with Crippen LogP contribution in [0.3, 0.4) is 0 Å². The minimum Gasteiger partial charge on any atom is -0.484 e. The summed E-state index contributed by atoms with van der Waals surface area (Å²) in [5, 5.41) is 18.7. The Morgan fingerprint density at radius 1 is 1.24 bits per heavy atom. The van der Waals surface area contributed by atoms with Gasteiger partial charge in [0, 0.05) is 18.5 Å². The molecule has 1 aromatic carbocycles. The lowest BCUT2D eigenvalue weighted by atomic mass is 10.0. The van der Waals surface area contributed by atoms with E-state index in [-0.39, 0.29) is 43.0 Å². The quantitative estimate of drug-likeness (QED) is 0.825. The summed E-state index contributed by atoms with van der Waals surface area (Å²) in [6.45, 7) is 3.26. The van der Waals surface area contributed by atoms with Gasteiger partial charge >= 0.3 is 0 Å². The van der Waals surface area contributed by atoms with Crippen LogP contribution in [0.5, 0.6) is 5.75 Å². The zero-order valence-corrected chi connectivity index (χ0v) is 12.2. The van der Waals surface area contributed by atoms with Gasteiger partial charge in [0.1, 0.15) is 5.75 Å². The van der Waals surface area contributed by atoms with Crippen LogP contribution in [0.25, 0.3) is 0 Å². The first-order valence-electron chi connectivity index (χ1n) is 7.29. The van der Waals surface area contributed by atoms with E-state index in [1.165, 1.54) is 0 Å². The highest BCUT2D eigenvalue weighted by Gasteiger charge is 2.67. The van der Waals surface area contributed by atoms with Crippen molar-refractivity contribution in [2.75, 3.05) is 32.9 Å². The van der Waals surface area contributed by atoms with Gasteiger partial charge in [-0.1, -0.05) is 17.7 Å². The maximum Gasteiger partial charge on any atom is 0.260 e. The number of hydrogen-bond donors (Lipinski definition) is 2. The van der Waals surface area contributed by atoms with Crippen molar-refractivity contribution in [2.45, 2.75) is 6.92 Å². The fraction of sp³-hybridized carbons (Fsp3) is 0.562. The summed E-state index contributed by atoms with van der Waals surface area (Å²) < 4.78 is 5.50. The number of piperidine rings is 1. The molecule has 5 heteroatoms. The molecule has 2 aliphatic rings. The topological polar surface area (TPSA) is 70.0 Å². The molecule has 0 aromatic heterocycles. The van der Waals surface area contributed by atoms with Gasteiger partial charge in [0.25, 0.3) is 5.91 Å². The number of aryl methyl sites for hydroxylation is 1. The highest BCUT2D eigenvalue weighted by atomic mass is 16.5. The van der Waals surface area contributed by atoms with Crippen LogP contribution in [0.2, 0.25) is 0 Å². The number of aliphatic hydroxyl groups excluding tert-OH is 2. The molecule has 1 aromatic rings. The van der Waals surface area contributed by atoms with Crippen LogP contribution < -0.4 is 4.74 Å². The number of aliphatic hydroxyl groups is 2. The van der Waals surface area contributed by atoms with Gasteiger partial charge in [-0.25, -0.2) is 0 Å². The third-order valence-electron chi connectivity index (χ3n) is 5.01. The van der Waals surface area contributed by atoms with Crippen LogP contribution in [-0.2, 0) is 4.79 Å². The van der Waals surface area contributed by atoms with Crippen LogP contribution >= 0.6 is 0 Å². The van der Waals surface area contributed by atoms with E-state index in [4.69, 9.17) is 4.74 Å². The van der Waals surface area contributed by atoms with Crippen molar-refractivity contribution >= 4 is 5.91 Å². The average Bonchev–Trinajstić information content (AvgIpc) is 2.87. The largest absolute Gasteiger partial charge is 0.484 e. The summed E-state index contributed by atoms with van der Waals surface area (Å²) in [5.41, 5.74) is 0.798. The Morgan fingerprint density at radius 3 is 2.33 bits per heavy atom. The monoisotopic (exact) mass is 291 g/mol. The number of likely N-dealkylation sites (tertiary alicyclic amines) is 1. The average molecular weight is 291 g/mol. The number of carbonyl (C=O) groups is 1. The second-order valence-electron chi connectivity index (χ2n) is 6.16. The molecule has 114 valence electrons. The molecule has 0 bridgehead atoms. The number of amides is 1. The highest BCUT2D eigenvalue weighted by molar-refractivity contribution is 5.78. The molecule has 2 N–H and O–H groups in total.